The minimum atomic E-state index is -0.636. The average Bonchev–Trinajstić information content (AvgIpc) is 3.31. The number of phenols is 1. The van der Waals surface area contributed by atoms with E-state index in [4.69, 9.17) is 14.6 Å². The summed E-state index contributed by atoms with van der Waals surface area (Å²) < 4.78 is 13.3. The van der Waals surface area contributed by atoms with E-state index in [9.17, 15) is 9.90 Å². The molecule has 1 N–H and O–H groups in total. The van der Waals surface area contributed by atoms with E-state index < -0.39 is 5.79 Å². The third kappa shape index (κ3) is 3.66. The molecule has 9 nitrogen and oxygen atoms in total. The van der Waals surface area contributed by atoms with E-state index in [-0.39, 0.29) is 17.8 Å². The molecule has 2 aromatic heterocycles. The zero-order valence-corrected chi connectivity index (χ0v) is 17.4. The summed E-state index contributed by atoms with van der Waals surface area (Å²) in [5, 5.41) is 14.5. The fraction of sp³-hybridized carbons (Fsp3) is 0.364. The molecular formula is C22H23N5O4. The minimum absolute atomic E-state index is 0.115. The first-order valence-corrected chi connectivity index (χ1v) is 10.2. The first-order chi connectivity index (χ1) is 14.9. The lowest BCUT2D eigenvalue weighted by atomic mass is 9.99. The molecule has 1 unspecified atom stereocenters. The number of rotatable bonds is 4. The van der Waals surface area contributed by atoms with Crippen LogP contribution >= 0.6 is 0 Å². The fourth-order valence-electron chi connectivity index (χ4n) is 4.09. The summed E-state index contributed by atoms with van der Waals surface area (Å²) in [6.07, 6.45) is 2.93. The number of carbonyl (C=O) groups is 1. The molecule has 0 aliphatic carbocycles. The summed E-state index contributed by atoms with van der Waals surface area (Å²) >= 11 is 0. The largest absolute Gasteiger partial charge is 0.508 e. The number of benzene rings is 1. The van der Waals surface area contributed by atoms with Crippen molar-refractivity contribution in [3.8, 4) is 28.3 Å². The number of phenolic OH excluding ortho intramolecular Hbond substituents is 1. The van der Waals surface area contributed by atoms with Crippen molar-refractivity contribution in [1.29, 1.82) is 0 Å². The maximum absolute atomic E-state index is 13.6. The quantitative estimate of drug-likeness (QED) is 0.690. The number of aromatic hydroxyl groups is 1. The second-order valence-electron chi connectivity index (χ2n) is 8.14. The number of hydrogen-bond acceptors (Lipinski definition) is 7. The fourth-order valence-corrected chi connectivity index (χ4v) is 4.09. The number of aromatic nitrogens is 4. The van der Waals surface area contributed by atoms with Crippen molar-refractivity contribution < 1.29 is 19.4 Å². The topological polar surface area (TPSA) is 103 Å². The lowest BCUT2D eigenvalue weighted by Gasteiger charge is -2.30. The van der Waals surface area contributed by atoms with Gasteiger partial charge in [0.2, 0.25) is 0 Å². The lowest BCUT2D eigenvalue weighted by molar-refractivity contribution is -0.139. The molecule has 2 aliphatic heterocycles. The highest BCUT2D eigenvalue weighted by atomic mass is 16.7. The van der Waals surface area contributed by atoms with Crippen molar-refractivity contribution >= 4 is 5.91 Å². The Hall–Kier alpha value is -3.30. The monoisotopic (exact) mass is 421 g/mol. The van der Waals surface area contributed by atoms with Gasteiger partial charge < -0.3 is 19.5 Å². The molecule has 1 atom stereocenters. The van der Waals surface area contributed by atoms with Gasteiger partial charge in [-0.3, -0.25) is 9.48 Å². The highest BCUT2D eigenvalue weighted by Crippen LogP contribution is 2.36. The molecule has 3 aromatic rings. The molecule has 0 saturated carbocycles. The highest BCUT2D eigenvalue weighted by molar-refractivity contribution is 6.03. The van der Waals surface area contributed by atoms with Gasteiger partial charge in [-0.15, -0.1) is 0 Å². The molecule has 2 aliphatic rings. The van der Waals surface area contributed by atoms with Gasteiger partial charge in [-0.25, -0.2) is 9.97 Å². The standard InChI is InChI=1S/C22H23N5O4/c1-22(2)30-12-16(31-22)11-26-9-10-27-20(21(26)29)18(14-3-5-15(28)6-4-14)19(25-27)17-7-8-23-13-24-17/h3-8,13,16,28H,9-12H2,1-2H3. The van der Waals surface area contributed by atoms with Crippen molar-refractivity contribution in [1.82, 2.24) is 24.6 Å². The zero-order chi connectivity index (χ0) is 21.6. The molecule has 160 valence electrons. The van der Waals surface area contributed by atoms with Gasteiger partial charge in [-0.05, 0) is 37.6 Å². The van der Waals surface area contributed by atoms with Crippen molar-refractivity contribution in [2.45, 2.75) is 32.3 Å². The number of carbonyl (C=O) groups excluding carboxylic acids is 1. The van der Waals surface area contributed by atoms with Crippen molar-refractivity contribution in [2.24, 2.45) is 0 Å². The van der Waals surface area contributed by atoms with Gasteiger partial charge in [0.25, 0.3) is 5.91 Å². The van der Waals surface area contributed by atoms with E-state index in [1.165, 1.54) is 6.33 Å². The summed E-state index contributed by atoms with van der Waals surface area (Å²) in [7, 11) is 0. The van der Waals surface area contributed by atoms with E-state index in [1.807, 2.05) is 13.8 Å². The van der Waals surface area contributed by atoms with Crippen LogP contribution in [-0.4, -0.2) is 67.2 Å². The molecule has 5 rings (SSSR count). The molecule has 1 fully saturated rings. The van der Waals surface area contributed by atoms with Crippen LogP contribution in [0, 0.1) is 0 Å². The number of fused-ring (bicyclic) bond motifs is 1. The van der Waals surface area contributed by atoms with E-state index in [1.54, 1.807) is 46.1 Å². The highest BCUT2D eigenvalue weighted by Gasteiger charge is 2.38. The Morgan fingerprint density at radius 2 is 2.00 bits per heavy atom. The molecule has 1 saturated heterocycles. The smallest absolute Gasteiger partial charge is 0.272 e. The molecule has 31 heavy (non-hydrogen) atoms. The molecule has 0 spiro atoms. The normalized spacial score (nSPS) is 20.1. The van der Waals surface area contributed by atoms with E-state index in [0.717, 1.165) is 5.56 Å². The van der Waals surface area contributed by atoms with Gasteiger partial charge in [0.05, 0.1) is 18.8 Å². The molecule has 1 amide bonds. The minimum Gasteiger partial charge on any atom is -0.508 e. The summed E-state index contributed by atoms with van der Waals surface area (Å²) in [5.74, 6) is -0.597. The Kier molecular flexibility index (Phi) is 4.71. The third-order valence-corrected chi connectivity index (χ3v) is 5.50. The predicted octanol–water partition coefficient (Wildman–Crippen LogP) is 2.32. The lowest BCUT2D eigenvalue weighted by Crippen LogP contribution is -2.45. The van der Waals surface area contributed by atoms with Gasteiger partial charge in [-0.1, -0.05) is 12.1 Å². The van der Waals surface area contributed by atoms with Crippen LogP contribution in [0.25, 0.3) is 22.5 Å². The second-order valence-corrected chi connectivity index (χ2v) is 8.14. The number of ether oxygens (including phenoxy) is 2. The van der Waals surface area contributed by atoms with Crippen LogP contribution < -0.4 is 0 Å². The van der Waals surface area contributed by atoms with Crippen LogP contribution in [0.1, 0.15) is 24.3 Å². The van der Waals surface area contributed by atoms with E-state index in [0.29, 0.717) is 48.9 Å². The first-order valence-electron chi connectivity index (χ1n) is 10.2. The van der Waals surface area contributed by atoms with Gasteiger partial charge in [0.1, 0.15) is 29.6 Å². The van der Waals surface area contributed by atoms with Crippen LogP contribution in [0.4, 0.5) is 0 Å². The number of nitrogens with zero attached hydrogens (tertiary/aromatic N) is 5. The Morgan fingerprint density at radius 3 is 2.68 bits per heavy atom. The van der Waals surface area contributed by atoms with E-state index in [2.05, 4.69) is 9.97 Å². The summed E-state index contributed by atoms with van der Waals surface area (Å²) in [6, 6.07) is 8.52. The number of hydrogen-bond donors (Lipinski definition) is 1. The average molecular weight is 421 g/mol. The van der Waals surface area contributed by atoms with Crippen LogP contribution in [0.2, 0.25) is 0 Å². The van der Waals surface area contributed by atoms with Crippen LogP contribution in [-0.2, 0) is 16.0 Å². The maximum atomic E-state index is 13.6. The molecule has 0 bridgehead atoms. The molecule has 0 radical (unpaired) electrons. The van der Waals surface area contributed by atoms with Crippen LogP contribution in [0.5, 0.6) is 5.75 Å². The van der Waals surface area contributed by atoms with E-state index >= 15 is 0 Å². The zero-order valence-electron chi connectivity index (χ0n) is 17.4. The maximum Gasteiger partial charge on any atom is 0.272 e. The van der Waals surface area contributed by atoms with Gasteiger partial charge in [0, 0.05) is 24.8 Å². The molecule has 1 aromatic carbocycles. The Labute approximate surface area is 179 Å². The van der Waals surface area contributed by atoms with Gasteiger partial charge in [-0.2, -0.15) is 5.10 Å². The SMILES string of the molecule is CC1(C)OCC(CN2CCn3nc(-c4ccncn4)c(-c4ccc(O)cc4)c3C2=O)O1. The number of amides is 1. The van der Waals surface area contributed by atoms with Gasteiger partial charge in [0.15, 0.2) is 5.79 Å². The molecule has 4 heterocycles. The van der Waals surface area contributed by atoms with Crippen LogP contribution in [0.3, 0.4) is 0 Å². The predicted molar refractivity (Wildman–Crippen MR) is 111 cm³/mol. The summed E-state index contributed by atoms with van der Waals surface area (Å²) in [4.78, 5) is 23.7. The summed E-state index contributed by atoms with van der Waals surface area (Å²) in [6.45, 7) is 5.74. The van der Waals surface area contributed by atoms with Crippen molar-refractivity contribution in [3.05, 3.63) is 48.5 Å². The first kappa shape index (κ1) is 19.7. The molecular weight excluding hydrogens is 398 g/mol. The van der Waals surface area contributed by atoms with Crippen molar-refractivity contribution in [3.63, 3.8) is 0 Å². The summed E-state index contributed by atoms with van der Waals surface area (Å²) in [5.41, 5.74) is 3.22. The van der Waals surface area contributed by atoms with Crippen LogP contribution in [0.15, 0.2) is 42.9 Å². The third-order valence-electron chi connectivity index (χ3n) is 5.50. The van der Waals surface area contributed by atoms with Crippen molar-refractivity contribution in [2.75, 3.05) is 19.7 Å². The van der Waals surface area contributed by atoms with Gasteiger partial charge >= 0.3 is 0 Å². The Bertz CT molecular complexity index is 1110. The second kappa shape index (κ2) is 7.44. The molecule has 9 heteroatoms. The Balaban J connectivity index is 1.55. The Morgan fingerprint density at radius 1 is 1.19 bits per heavy atom.